The van der Waals surface area contributed by atoms with Crippen LogP contribution in [0.4, 0.5) is 11.4 Å². The van der Waals surface area contributed by atoms with Crippen molar-refractivity contribution in [3.8, 4) is 0 Å². The summed E-state index contributed by atoms with van der Waals surface area (Å²) in [6, 6.07) is 5.09. The van der Waals surface area contributed by atoms with Gasteiger partial charge in [-0.1, -0.05) is 29.8 Å². The molecule has 0 spiro atoms. The zero-order chi connectivity index (χ0) is 12.3. The van der Waals surface area contributed by atoms with Crippen molar-refractivity contribution in [2.45, 2.75) is 26.8 Å². The molecule has 0 aromatic heterocycles. The first-order valence-electron chi connectivity index (χ1n) is 5.12. The van der Waals surface area contributed by atoms with Crippen LogP contribution >= 0.6 is 15.9 Å². The highest BCUT2D eigenvalue weighted by molar-refractivity contribution is 9.10. The smallest absolute Gasteiger partial charge is 0.292 e. The monoisotopic (exact) mass is 286 g/mol. The van der Waals surface area contributed by atoms with E-state index in [2.05, 4.69) is 35.1 Å². The third-order valence-corrected chi connectivity index (χ3v) is 3.03. The Kier molecular flexibility index (Phi) is 4.29. The number of hydrogen-bond donors (Lipinski definition) is 1. The van der Waals surface area contributed by atoms with Gasteiger partial charge >= 0.3 is 0 Å². The summed E-state index contributed by atoms with van der Waals surface area (Å²) in [6.07, 6.45) is 0. The summed E-state index contributed by atoms with van der Waals surface area (Å²) < 4.78 is 0.830. The summed E-state index contributed by atoms with van der Waals surface area (Å²) in [4.78, 5) is 10.5. The number of anilines is 1. The Morgan fingerprint density at radius 3 is 2.50 bits per heavy atom. The lowest BCUT2D eigenvalue weighted by molar-refractivity contribution is -0.384. The summed E-state index contributed by atoms with van der Waals surface area (Å²) in [5.74, 6) is 0.415. The number of nitro benzene ring substituents is 1. The molecule has 0 fully saturated rings. The van der Waals surface area contributed by atoms with Crippen molar-refractivity contribution in [3.05, 3.63) is 32.8 Å². The number of benzene rings is 1. The SMILES string of the molecule is CC(C)C(C)Nc1cc(Br)ccc1[N+](=O)[O-]. The van der Waals surface area contributed by atoms with Gasteiger partial charge in [-0.05, 0) is 25.0 Å². The lowest BCUT2D eigenvalue weighted by Gasteiger charge is -2.18. The van der Waals surface area contributed by atoms with Crippen LogP contribution in [0.2, 0.25) is 0 Å². The van der Waals surface area contributed by atoms with Crippen LogP contribution in [0.5, 0.6) is 0 Å². The van der Waals surface area contributed by atoms with Crippen molar-refractivity contribution in [1.82, 2.24) is 0 Å². The molecule has 0 saturated carbocycles. The van der Waals surface area contributed by atoms with Crippen LogP contribution in [0.1, 0.15) is 20.8 Å². The molecule has 1 atom stereocenters. The predicted octanol–water partition coefficient (Wildman–Crippen LogP) is 3.81. The molecule has 1 aromatic rings. The molecule has 1 aromatic carbocycles. The summed E-state index contributed by atoms with van der Waals surface area (Å²) in [5, 5.41) is 14.0. The van der Waals surface area contributed by atoms with Crippen molar-refractivity contribution in [1.29, 1.82) is 0 Å². The zero-order valence-electron chi connectivity index (χ0n) is 9.53. The van der Waals surface area contributed by atoms with Gasteiger partial charge in [0, 0.05) is 16.6 Å². The minimum absolute atomic E-state index is 0.107. The second kappa shape index (κ2) is 5.30. The average Bonchev–Trinajstić information content (AvgIpc) is 2.16. The van der Waals surface area contributed by atoms with Gasteiger partial charge < -0.3 is 5.32 Å². The highest BCUT2D eigenvalue weighted by Crippen LogP contribution is 2.29. The van der Waals surface area contributed by atoms with Crippen molar-refractivity contribution < 1.29 is 4.92 Å². The van der Waals surface area contributed by atoms with E-state index in [0.717, 1.165) is 4.47 Å². The van der Waals surface area contributed by atoms with E-state index in [4.69, 9.17) is 0 Å². The fourth-order valence-electron chi connectivity index (χ4n) is 1.20. The molecule has 16 heavy (non-hydrogen) atoms. The van der Waals surface area contributed by atoms with E-state index >= 15 is 0 Å². The molecule has 1 N–H and O–H groups in total. The van der Waals surface area contributed by atoms with Gasteiger partial charge in [0.1, 0.15) is 5.69 Å². The molecule has 1 unspecified atom stereocenters. The van der Waals surface area contributed by atoms with Gasteiger partial charge in [-0.25, -0.2) is 0 Å². The van der Waals surface area contributed by atoms with Gasteiger partial charge in [0.05, 0.1) is 4.92 Å². The molecular weight excluding hydrogens is 272 g/mol. The maximum atomic E-state index is 10.8. The van der Waals surface area contributed by atoms with E-state index in [1.807, 2.05) is 6.92 Å². The van der Waals surface area contributed by atoms with Crippen LogP contribution < -0.4 is 5.32 Å². The molecule has 0 heterocycles. The Morgan fingerprint density at radius 1 is 1.38 bits per heavy atom. The van der Waals surface area contributed by atoms with Crippen LogP contribution in [0, 0.1) is 16.0 Å². The zero-order valence-corrected chi connectivity index (χ0v) is 11.1. The minimum Gasteiger partial charge on any atom is -0.377 e. The summed E-state index contributed by atoms with van der Waals surface area (Å²) in [7, 11) is 0. The van der Waals surface area contributed by atoms with E-state index in [9.17, 15) is 10.1 Å². The fourth-order valence-corrected chi connectivity index (χ4v) is 1.56. The van der Waals surface area contributed by atoms with Gasteiger partial charge in [0.15, 0.2) is 0 Å². The van der Waals surface area contributed by atoms with Crippen LogP contribution in [0.15, 0.2) is 22.7 Å². The predicted molar refractivity (Wildman–Crippen MR) is 68.7 cm³/mol. The topological polar surface area (TPSA) is 55.2 Å². The van der Waals surface area contributed by atoms with E-state index in [-0.39, 0.29) is 16.7 Å². The largest absolute Gasteiger partial charge is 0.377 e. The van der Waals surface area contributed by atoms with E-state index in [1.54, 1.807) is 12.1 Å². The molecule has 0 radical (unpaired) electrons. The Labute approximate surface area is 103 Å². The molecule has 1 rings (SSSR count). The van der Waals surface area contributed by atoms with Crippen molar-refractivity contribution in [2.24, 2.45) is 5.92 Å². The standard InChI is InChI=1S/C11H15BrN2O2/c1-7(2)8(3)13-10-6-9(12)4-5-11(10)14(15)16/h4-8,13H,1-3H3. The van der Waals surface area contributed by atoms with Crippen molar-refractivity contribution in [3.63, 3.8) is 0 Å². The molecule has 0 amide bonds. The summed E-state index contributed by atoms with van der Waals surface area (Å²) in [6.45, 7) is 6.15. The fraction of sp³-hybridized carbons (Fsp3) is 0.455. The first kappa shape index (κ1) is 13.0. The molecule has 0 bridgehead atoms. The number of nitrogens with zero attached hydrogens (tertiary/aromatic N) is 1. The first-order chi connectivity index (χ1) is 7.41. The molecular formula is C11H15BrN2O2. The Hall–Kier alpha value is -1.10. The molecule has 0 saturated heterocycles. The van der Waals surface area contributed by atoms with Gasteiger partial charge in [-0.2, -0.15) is 0 Å². The van der Waals surface area contributed by atoms with Gasteiger partial charge in [0.25, 0.3) is 5.69 Å². The van der Waals surface area contributed by atoms with Gasteiger partial charge in [0.2, 0.25) is 0 Å². The molecule has 0 aliphatic carbocycles. The molecule has 0 aliphatic rings. The Balaban J connectivity index is 3.01. The third-order valence-electron chi connectivity index (χ3n) is 2.54. The lowest BCUT2D eigenvalue weighted by Crippen LogP contribution is -2.22. The third kappa shape index (κ3) is 3.20. The summed E-state index contributed by atoms with van der Waals surface area (Å²) >= 11 is 3.31. The highest BCUT2D eigenvalue weighted by Gasteiger charge is 2.16. The van der Waals surface area contributed by atoms with Crippen LogP contribution in [0.25, 0.3) is 0 Å². The average molecular weight is 287 g/mol. The lowest BCUT2D eigenvalue weighted by atomic mass is 10.1. The summed E-state index contributed by atoms with van der Waals surface area (Å²) in [5.41, 5.74) is 0.663. The van der Waals surface area contributed by atoms with E-state index in [0.29, 0.717) is 11.6 Å². The number of nitrogens with one attached hydrogen (secondary N) is 1. The maximum Gasteiger partial charge on any atom is 0.292 e. The maximum absolute atomic E-state index is 10.8. The van der Waals surface area contributed by atoms with E-state index in [1.165, 1.54) is 6.07 Å². The number of hydrogen-bond acceptors (Lipinski definition) is 3. The van der Waals surface area contributed by atoms with Gasteiger partial charge in [-0.15, -0.1) is 0 Å². The molecule has 4 nitrogen and oxygen atoms in total. The van der Waals surface area contributed by atoms with Crippen molar-refractivity contribution in [2.75, 3.05) is 5.32 Å². The quantitative estimate of drug-likeness (QED) is 0.676. The minimum atomic E-state index is -0.373. The van der Waals surface area contributed by atoms with E-state index < -0.39 is 0 Å². The van der Waals surface area contributed by atoms with Gasteiger partial charge in [-0.3, -0.25) is 10.1 Å². The number of nitro groups is 1. The van der Waals surface area contributed by atoms with Crippen LogP contribution in [-0.4, -0.2) is 11.0 Å². The van der Waals surface area contributed by atoms with Crippen LogP contribution in [-0.2, 0) is 0 Å². The second-order valence-corrected chi connectivity index (χ2v) is 5.01. The van der Waals surface area contributed by atoms with Crippen LogP contribution in [0.3, 0.4) is 0 Å². The molecule has 88 valence electrons. The number of halogens is 1. The Bertz CT molecular complexity index is 394. The Morgan fingerprint density at radius 2 is 2.00 bits per heavy atom. The normalized spacial score (nSPS) is 12.6. The number of rotatable bonds is 4. The van der Waals surface area contributed by atoms with Crippen molar-refractivity contribution >= 4 is 27.3 Å². The first-order valence-corrected chi connectivity index (χ1v) is 5.91. The molecule has 0 aliphatic heterocycles. The second-order valence-electron chi connectivity index (χ2n) is 4.10. The highest BCUT2D eigenvalue weighted by atomic mass is 79.9. The molecule has 5 heteroatoms.